The fraction of sp³-hybridized carbons (Fsp3) is 0.350. The molecule has 0 amide bonds. The van der Waals surface area contributed by atoms with E-state index in [1.54, 1.807) is 12.1 Å². The van der Waals surface area contributed by atoms with Gasteiger partial charge in [-0.2, -0.15) is 0 Å². The van der Waals surface area contributed by atoms with Crippen molar-refractivity contribution >= 4 is 5.97 Å². The van der Waals surface area contributed by atoms with E-state index in [1.165, 1.54) is 0 Å². The van der Waals surface area contributed by atoms with Gasteiger partial charge in [0.05, 0.1) is 12.6 Å². The van der Waals surface area contributed by atoms with E-state index in [2.05, 4.69) is 17.0 Å². The molecule has 0 radical (unpaired) electrons. The van der Waals surface area contributed by atoms with Gasteiger partial charge >= 0.3 is 5.97 Å². The van der Waals surface area contributed by atoms with E-state index in [0.717, 1.165) is 5.56 Å². The molecule has 1 fully saturated rings. The Morgan fingerprint density at radius 1 is 1.12 bits per heavy atom. The minimum absolute atomic E-state index is 0.0273. The van der Waals surface area contributed by atoms with Crippen molar-refractivity contribution in [1.29, 1.82) is 0 Å². The lowest BCUT2D eigenvalue weighted by Crippen LogP contribution is -2.50. The largest absolute Gasteiger partial charge is 0.425 e. The zero-order chi connectivity index (χ0) is 17.2. The van der Waals surface area contributed by atoms with Crippen LogP contribution in [0.2, 0.25) is 0 Å². The van der Waals surface area contributed by atoms with E-state index in [9.17, 15) is 4.79 Å². The van der Waals surface area contributed by atoms with Crippen molar-refractivity contribution < 1.29 is 14.3 Å². The van der Waals surface area contributed by atoms with Gasteiger partial charge in [-0.15, -0.1) is 0 Å². The third-order valence-corrected chi connectivity index (χ3v) is 4.46. The summed E-state index contributed by atoms with van der Waals surface area (Å²) in [6.45, 7) is 6.40. The Hall–Kier alpha value is -2.17. The van der Waals surface area contributed by atoms with Gasteiger partial charge in [-0.25, -0.2) is 4.79 Å². The molecule has 1 saturated heterocycles. The smallest absolute Gasteiger partial charge is 0.328 e. The molecule has 0 bridgehead atoms. The summed E-state index contributed by atoms with van der Waals surface area (Å²) in [5.41, 5.74) is 0.609. The number of benzene rings is 2. The lowest BCUT2D eigenvalue weighted by molar-refractivity contribution is -0.148. The maximum atomic E-state index is 12.6. The van der Waals surface area contributed by atoms with Crippen LogP contribution in [0.1, 0.15) is 32.4 Å². The molecule has 2 atom stereocenters. The van der Waals surface area contributed by atoms with E-state index in [1.807, 2.05) is 57.2 Å². The van der Waals surface area contributed by atoms with Crippen LogP contribution in [0, 0.1) is 0 Å². The van der Waals surface area contributed by atoms with Crippen LogP contribution < -0.4 is 4.74 Å². The lowest BCUT2D eigenvalue weighted by atomic mass is 10.0. The van der Waals surface area contributed by atoms with Gasteiger partial charge in [0.1, 0.15) is 17.5 Å². The molecule has 2 aromatic rings. The molecule has 0 aliphatic carbocycles. The van der Waals surface area contributed by atoms with Crippen LogP contribution in [0.4, 0.5) is 0 Å². The summed E-state index contributed by atoms with van der Waals surface area (Å²) in [5, 5.41) is 0. The van der Waals surface area contributed by atoms with Crippen molar-refractivity contribution in [2.24, 2.45) is 0 Å². The molecule has 126 valence electrons. The van der Waals surface area contributed by atoms with Gasteiger partial charge in [0, 0.05) is 0 Å². The molecule has 0 saturated carbocycles. The number of ether oxygens (including phenoxy) is 2. The zero-order valence-electron chi connectivity index (χ0n) is 14.3. The van der Waals surface area contributed by atoms with Gasteiger partial charge in [-0.3, -0.25) is 4.90 Å². The first-order chi connectivity index (χ1) is 11.5. The summed E-state index contributed by atoms with van der Waals surface area (Å²) >= 11 is 0. The van der Waals surface area contributed by atoms with Crippen LogP contribution in [0.5, 0.6) is 5.75 Å². The molecular formula is C20H23NO3. The summed E-state index contributed by atoms with van der Waals surface area (Å²) < 4.78 is 11.5. The maximum Gasteiger partial charge on any atom is 0.328 e. The highest BCUT2D eigenvalue weighted by molar-refractivity contribution is 5.78. The van der Waals surface area contributed by atoms with E-state index in [4.69, 9.17) is 9.47 Å². The van der Waals surface area contributed by atoms with E-state index < -0.39 is 11.8 Å². The molecule has 1 aliphatic rings. The Bertz CT molecular complexity index is 685. The quantitative estimate of drug-likeness (QED) is 0.633. The highest BCUT2D eigenvalue weighted by Gasteiger charge is 2.46. The average Bonchev–Trinajstić information content (AvgIpc) is 2.91. The SMILES string of the molecule is C[C@H](C(=O)Oc1ccccc1)N1[C@@H](c2ccccc2)COC1(C)C. The summed E-state index contributed by atoms with van der Waals surface area (Å²) in [6, 6.07) is 18.9. The Balaban J connectivity index is 1.82. The Morgan fingerprint density at radius 3 is 2.33 bits per heavy atom. The maximum absolute atomic E-state index is 12.6. The predicted molar refractivity (Wildman–Crippen MR) is 92.6 cm³/mol. The van der Waals surface area contributed by atoms with E-state index in [-0.39, 0.29) is 12.0 Å². The molecule has 2 aromatic carbocycles. The highest BCUT2D eigenvalue weighted by atomic mass is 16.5. The van der Waals surface area contributed by atoms with Gasteiger partial charge in [0.25, 0.3) is 0 Å². The van der Waals surface area contributed by atoms with Gasteiger partial charge in [0.2, 0.25) is 0 Å². The van der Waals surface area contributed by atoms with Crippen LogP contribution in [0.15, 0.2) is 60.7 Å². The molecule has 0 N–H and O–H groups in total. The second-order valence-electron chi connectivity index (χ2n) is 6.50. The fourth-order valence-corrected chi connectivity index (χ4v) is 3.28. The molecule has 24 heavy (non-hydrogen) atoms. The molecule has 0 aromatic heterocycles. The van der Waals surface area contributed by atoms with Gasteiger partial charge in [-0.1, -0.05) is 48.5 Å². The number of carbonyl (C=O) groups excluding carboxylic acids is 1. The molecule has 1 heterocycles. The lowest BCUT2D eigenvalue weighted by Gasteiger charge is -2.37. The Labute approximate surface area is 143 Å². The van der Waals surface area contributed by atoms with Gasteiger partial charge in [-0.05, 0) is 38.5 Å². The van der Waals surface area contributed by atoms with Crippen LogP contribution in [-0.2, 0) is 9.53 Å². The average molecular weight is 325 g/mol. The summed E-state index contributed by atoms with van der Waals surface area (Å²) in [4.78, 5) is 14.7. The standard InChI is InChI=1S/C20H23NO3/c1-15(19(22)24-17-12-8-5-9-13-17)21-18(14-23-20(21,2)3)16-10-6-4-7-11-16/h4-13,15,18H,14H2,1-3H3/t15-,18-/m1/s1. The molecule has 1 aliphatic heterocycles. The van der Waals surface area contributed by atoms with Crippen molar-refractivity contribution in [2.75, 3.05) is 6.61 Å². The second-order valence-corrected chi connectivity index (χ2v) is 6.50. The second kappa shape index (κ2) is 6.75. The highest BCUT2D eigenvalue weighted by Crippen LogP contribution is 2.38. The zero-order valence-corrected chi connectivity index (χ0v) is 14.3. The summed E-state index contributed by atoms with van der Waals surface area (Å²) in [6.07, 6.45) is 0. The Kier molecular flexibility index (Phi) is 4.69. The monoisotopic (exact) mass is 325 g/mol. The molecule has 4 heteroatoms. The van der Waals surface area contributed by atoms with Crippen molar-refractivity contribution in [1.82, 2.24) is 4.90 Å². The first kappa shape index (κ1) is 16.7. The minimum Gasteiger partial charge on any atom is -0.425 e. The molecular weight excluding hydrogens is 302 g/mol. The third kappa shape index (κ3) is 3.35. The first-order valence-corrected chi connectivity index (χ1v) is 8.23. The number of para-hydroxylation sites is 1. The minimum atomic E-state index is -0.532. The number of carbonyl (C=O) groups is 1. The van der Waals surface area contributed by atoms with Crippen LogP contribution in [-0.4, -0.2) is 29.2 Å². The molecule has 0 spiro atoms. The Morgan fingerprint density at radius 2 is 1.71 bits per heavy atom. The number of rotatable bonds is 4. The van der Waals surface area contributed by atoms with Crippen molar-refractivity contribution in [2.45, 2.75) is 38.6 Å². The van der Waals surface area contributed by atoms with Crippen molar-refractivity contribution in [3.05, 3.63) is 66.2 Å². The predicted octanol–water partition coefficient (Wildman–Crippen LogP) is 3.79. The number of hydrogen-bond donors (Lipinski definition) is 0. The van der Waals surface area contributed by atoms with Crippen LogP contribution >= 0.6 is 0 Å². The normalized spacial score (nSPS) is 21.4. The fourth-order valence-electron chi connectivity index (χ4n) is 3.28. The topological polar surface area (TPSA) is 38.8 Å². The van der Waals surface area contributed by atoms with Crippen molar-refractivity contribution in [3.8, 4) is 5.75 Å². The number of nitrogens with zero attached hydrogens (tertiary/aromatic N) is 1. The van der Waals surface area contributed by atoms with Crippen molar-refractivity contribution in [3.63, 3.8) is 0 Å². The first-order valence-electron chi connectivity index (χ1n) is 8.23. The number of esters is 1. The van der Waals surface area contributed by atoms with Crippen LogP contribution in [0.25, 0.3) is 0 Å². The van der Waals surface area contributed by atoms with E-state index >= 15 is 0 Å². The summed E-state index contributed by atoms with van der Waals surface area (Å²) in [5.74, 6) is 0.282. The molecule has 0 unspecified atom stereocenters. The molecule has 4 nitrogen and oxygen atoms in total. The number of hydrogen-bond acceptors (Lipinski definition) is 4. The molecule has 3 rings (SSSR count). The van der Waals surface area contributed by atoms with Crippen LogP contribution in [0.3, 0.4) is 0 Å². The van der Waals surface area contributed by atoms with Gasteiger partial charge in [0.15, 0.2) is 0 Å². The third-order valence-electron chi connectivity index (χ3n) is 4.46. The van der Waals surface area contributed by atoms with Gasteiger partial charge < -0.3 is 9.47 Å². The summed E-state index contributed by atoms with van der Waals surface area (Å²) in [7, 11) is 0. The van der Waals surface area contributed by atoms with E-state index in [0.29, 0.717) is 12.4 Å².